The highest BCUT2D eigenvalue weighted by Crippen LogP contribution is 2.14. The monoisotopic (exact) mass is 434 g/mol. The number of esters is 1. The van der Waals surface area contributed by atoms with Crippen molar-refractivity contribution in [2.24, 2.45) is 0 Å². The number of benzene rings is 2. The van der Waals surface area contributed by atoms with Gasteiger partial charge < -0.3 is 15.0 Å². The minimum atomic E-state index is -0.615. The number of anilines is 1. The SMILES string of the molecule is Cc1ccc(NC(=O)CN(C)C(=O)COC(=O)c2ccc(-n3nc(C)cc3C)cc2)cc1. The van der Waals surface area contributed by atoms with E-state index in [2.05, 4.69) is 10.4 Å². The van der Waals surface area contributed by atoms with Gasteiger partial charge in [0.1, 0.15) is 0 Å². The van der Waals surface area contributed by atoms with Gasteiger partial charge in [-0.05, 0) is 63.2 Å². The maximum atomic E-state index is 12.3. The zero-order chi connectivity index (χ0) is 23.3. The van der Waals surface area contributed by atoms with E-state index in [1.807, 2.05) is 39.0 Å². The number of ether oxygens (including phenoxy) is 1. The van der Waals surface area contributed by atoms with E-state index >= 15 is 0 Å². The summed E-state index contributed by atoms with van der Waals surface area (Å²) in [5.74, 6) is -1.43. The summed E-state index contributed by atoms with van der Waals surface area (Å²) in [5.41, 5.74) is 4.76. The maximum absolute atomic E-state index is 12.3. The number of carbonyl (C=O) groups is 3. The number of likely N-dealkylation sites (N-methyl/N-ethyl adjacent to an activating group) is 1. The molecular weight excluding hydrogens is 408 g/mol. The van der Waals surface area contributed by atoms with Crippen molar-refractivity contribution < 1.29 is 19.1 Å². The molecule has 0 spiro atoms. The Hall–Kier alpha value is -3.94. The van der Waals surface area contributed by atoms with Gasteiger partial charge in [-0.1, -0.05) is 17.7 Å². The topological polar surface area (TPSA) is 93.5 Å². The first-order chi connectivity index (χ1) is 15.2. The third-order valence-electron chi connectivity index (χ3n) is 4.83. The minimum Gasteiger partial charge on any atom is -0.452 e. The second-order valence-corrected chi connectivity index (χ2v) is 7.63. The van der Waals surface area contributed by atoms with Crippen molar-refractivity contribution >= 4 is 23.5 Å². The van der Waals surface area contributed by atoms with Gasteiger partial charge in [0.25, 0.3) is 5.91 Å². The van der Waals surface area contributed by atoms with Crippen LogP contribution in [0.3, 0.4) is 0 Å². The fraction of sp³-hybridized carbons (Fsp3) is 0.250. The van der Waals surface area contributed by atoms with Crippen LogP contribution in [0.1, 0.15) is 27.3 Å². The summed E-state index contributed by atoms with van der Waals surface area (Å²) in [6.45, 7) is 5.21. The van der Waals surface area contributed by atoms with Gasteiger partial charge in [-0.3, -0.25) is 9.59 Å². The van der Waals surface area contributed by atoms with Gasteiger partial charge in [0, 0.05) is 18.4 Å². The van der Waals surface area contributed by atoms with E-state index < -0.39 is 18.5 Å². The van der Waals surface area contributed by atoms with Crippen LogP contribution in [-0.2, 0) is 14.3 Å². The van der Waals surface area contributed by atoms with Crippen LogP contribution < -0.4 is 5.32 Å². The van der Waals surface area contributed by atoms with Crippen LogP contribution in [0.15, 0.2) is 54.6 Å². The summed E-state index contributed by atoms with van der Waals surface area (Å²) in [4.78, 5) is 37.9. The highest BCUT2D eigenvalue weighted by atomic mass is 16.5. The number of amides is 2. The summed E-state index contributed by atoms with van der Waals surface area (Å²) in [7, 11) is 1.48. The van der Waals surface area contributed by atoms with Gasteiger partial charge in [0.05, 0.1) is 23.5 Å². The van der Waals surface area contributed by atoms with Gasteiger partial charge in [-0.2, -0.15) is 5.10 Å². The molecule has 2 aromatic carbocycles. The molecule has 0 aliphatic rings. The molecule has 8 nitrogen and oxygen atoms in total. The number of rotatable bonds is 7. The van der Waals surface area contributed by atoms with Crippen LogP contribution in [0.5, 0.6) is 0 Å². The minimum absolute atomic E-state index is 0.151. The van der Waals surface area contributed by atoms with Crippen molar-refractivity contribution in [1.82, 2.24) is 14.7 Å². The Morgan fingerprint density at radius 2 is 1.66 bits per heavy atom. The van der Waals surface area contributed by atoms with Crippen LogP contribution in [0.25, 0.3) is 5.69 Å². The Morgan fingerprint density at radius 3 is 2.25 bits per heavy atom. The van der Waals surface area contributed by atoms with Crippen LogP contribution in [0, 0.1) is 20.8 Å². The molecule has 0 unspecified atom stereocenters. The molecule has 0 saturated heterocycles. The van der Waals surface area contributed by atoms with E-state index in [9.17, 15) is 14.4 Å². The normalized spacial score (nSPS) is 10.5. The zero-order valence-electron chi connectivity index (χ0n) is 18.6. The fourth-order valence-electron chi connectivity index (χ4n) is 3.09. The first kappa shape index (κ1) is 22.7. The molecule has 0 bridgehead atoms. The summed E-state index contributed by atoms with van der Waals surface area (Å²) >= 11 is 0. The van der Waals surface area contributed by atoms with Gasteiger partial charge in [0.15, 0.2) is 6.61 Å². The predicted octanol–water partition coefficient (Wildman–Crippen LogP) is 3.05. The lowest BCUT2D eigenvalue weighted by Gasteiger charge is -2.17. The summed E-state index contributed by atoms with van der Waals surface area (Å²) < 4.78 is 6.90. The number of aryl methyl sites for hydroxylation is 3. The van der Waals surface area contributed by atoms with Crippen molar-refractivity contribution in [3.05, 3.63) is 77.1 Å². The van der Waals surface area contributed by atoms with Crippen molar-refractivity contribution in [2.75, 3.05) is 25.5 Å². The molecule has 166 valence electrons. The molecule has 1 heterocycles. The molecule has 32 heavy (non-hydrogen) atoms. The molecule has 2 amide bonds. The van der Waals surface area contributed by atoms with E-state index in [0.29, 0.717) is 11.3 Å². The number of nitrogens with one attached hydrogen (secondary N) is 1. The molecule has 0 radical (unpaired) electrons. The number of nitrogens with zero attached hydrogens (tertiary/aromatic N) is 3. The van der Waals surface area contributed by atoms with E-state index in [-0.39, 0.29) is 12.5 Å². The van der Waals surface area contributed by atoms with E-state index in [1.54, 1.807) is 41.1 Å². The Bertz CT molecular complexity index is 1120. The van der Waals surface area contributed by atoms with E-state index in [4.69, 9.17) is 4.74 Å². The quantitative estimate of drug-likeness (QED) is 0.577. The summed E-state index contributed by atoms with van der Waals surface area (Å²) in [5, 5.41) is 7.13. The van der Waals surface area contributed by atoms with Gasteiger partial charge in [0.2, 0.25) is 5.91 Å². The third-order valence-corrected chi connectivity index (χ3v) is 4.83. The average molecular weight is 434 g/mol. The standard InChI is InChI=1S/C24H26N4O4/c1-16-5-9-20(10-6-16)25-22(29)14-27(4)23(30)15-32-24(31)19-7-11-21(12-8-19)28-18(3)13-17(2)26-28/h5-13H,14-15H2,1-4H3,(H,25,29). The summed E-state index contributed by atoms with van der Waals surface area (Å²) in [6, 6.07) is 16.1. The van der Waals surface area contributed by atoms with Crippen LogP contribution in [0.2, 0.25) is 0 Å². The number of hydrogen-bond donors (Lipinski definition) is 1. The lowest BCUT2D eigenvalue weighted by atomic mass is 10.2. The predicted molar refractivity (Wildman–Crippen MR) is 121 cm³/mol. The molecule has 0 saturated carbocycles. The molecule has 3 aromatic rings. The van der Waals surface area contributed by atoms with Crippen molar-refractivity contribution in [3.8, 4) is 5.69 Å². The lowest BCUT2D eigenvalue weighted by molar-refractivity contribution is -0.136. The third kappa shape index (κ3) is 5.81. The first-order valence-corrected chi connectivity index (χ1v) is 10.1. The first-order valence-electron chi connectivity index (χ1n) is 10.1. The van der Waals surface area contributed by atoms with Crippen LogP contribution in [-0.4, -0.2) is 52.7 Å². The lowest BCUT2D eigenvalue weighted by Crippen LogP contribution is -2.37. The van der Waals surface area contributed by atoms with Gasteiger partial charge >= 0.3 is 5.97 Å². The molecule has 0 fully saturated rings. The molecule has 0 aliphatic carbocycles. The molecule has 0 atom stereocenters. The van der Waals surface area contributed by atoms with Crippen molar-refractivity contribution in [1.29, 1.82) is 0 Å². The van der Waals surface area contributed by atoms with Crippen LogP contribution >= 0.6 is 0 Å². The second-order valence-electron chi connectivity index (χ2n) is 7.63. The van der Waals surface area contributed by atoms with E-state index in [1.165, 1.54) is 11.9 Å². The largest absolute Gasteiger partial charge is 0.452 e. The highest BCUT2D eigenvalue weighted by molar-refractivity contribution is 5.95. The fourth-order valence-corrected chi connectivity index (χ4v) is 3.09. The van der Waals surface area contributed by atoms with E-state index in [0.717, 1.165) is 22.6 Å². The average Bonchev–Trinajstić information content (AvgIpc) is 3.11. The van der Waals surface area contributed by atoms with Gasteiger partial charge in [-0.25, -0.2) is 9.48 Å². The summed E-state index contributed by atoms with van der Waals surface area (Å²) in [6.07, 6.45) is 0. The Balaban J connectivity index is 1.49. The Labute approximate surface area is 186 Å². The molecule has 0 aliphatic heterocycles. The highest BCUT2D eigenvalue weighted by Gasteiger charge is 2.16. The second kappa shape index (κ2) is 9.91. The molecule has 1 aromatic heterocycles. The molecular formula is C24H26N4O4. The van der Waals surface area contributed by atoms with Gasteiger partial charge in [-0.15, -0.1) is 0 Å². The smallest absolute Gasteiger partial charge is 0.338 e. The molecule has 3 rings (SSSR count). The van der Waals surface area contributed by atoms with Crippen LogP contribution in [0.4, 0.5) is 5.69 Å². The van der Waals surface area contributed by atoms with Crippen molar-refractivity contribution in [3.63, 3.8) is 0 Å². The Morgan fingerprint density at radius 1 is 1.00 bits per heavy atom. The molecule has 1 N–H and O–H groups in total. The number of hydrogen-bond acceptors (Lipinski definition) is 5. The molecule has 8 heteroatoms. The number of carbonyl (C=O) groups excluding carboxylic acids is 3. The van der Waals surface area contributed by atoms with Crippen molar-refractivity contribution in [2.45, 2.75) is 20.8 Å². The number of aromatic nitrogens is 2. The Kier molecular flexibility index (Phi) is 7.04. The maximum Gasteiger partial charge on any atom is 0.338 e. The zero-order valence-corrected chi connectivity index (χ0v) is 18.6.